The molecule has 1 aliphatic heterocycles. The summed E-state index contributed by atoms with van der Waals surface area (Å²) in [6, 6.07) is 18.9. The summed E-state index contributed by atoms with van der Waals surface area (Å²) in [5.41, 5.74) is 1.41. The highest BCUT2D eigenvalue weighted by atomic mass is 35.5. The first-order valence-electron chi connectivity index (χ1n) is 16.9. The number of hydrogen-bond donors (Lipinski definition) is 1. The van der Waals surface area contributed by atoms with Gasteiger partial charge >= 0.3 is 11.9 Å². The average molecular weight is 755 g/mol. The van der Waals surface area contributed by atoms with E-state index in [1.54, 1.807) is 24.3 Å². The lowest BCUT2D eigenvalue weighted by molar-refractivity contribution is -0.605. The van der Waals surface area contributed by atoms with Crippen molar-refractivity contribution in [3.63, 3.8) is 0 Å². The van der Waals surface area contributed by atoms with Gasteiger partial charge in [-0.15, -0.1) is 11.3 Å². The van der Waals surface area contributed by atoms with Gasteiger partial charge in [0, 0.05) is 42.5 Å². The quantitative estimate of drug-likeness (QED) is 0.0909. The lowest BCUT2D eigenvalue weighted by atomic mass is 9.61. The second kappa shape index (κ2) is 16.2. The van der Waals surface area contributed by atoms with Crippen LogP contribution in [0.1, 0.15) is 63.0 Å². The number of halogens is 2. The van der Waals surface area contributed by atoms with Crippen molar-refractivity contribution in [3.8, 4) is 11.5 Å². The summed E-state index contributed by atoms with van der Waals surface area (Å²) < 4.78 is 23.6. The second-order valence-corrected chi connectivity index (χ2v) is 15.1. The molecule has 13 heteroatoms. The van der Waals surface area contributed by atoms with Gasteiger partial charge in [-0.3, -0.25) is 4.79 Å². The molecule has 1 N–H and O–H groups in total. The van der Waals surface area contributed by atoms with E-state index in [-0.39, 0.29) is 34.6 Å². The Morgan fingerprint density at radius 3 is 2.35 bits per heavy atom. The highest BCUT2D eigenvalue weighted by molar-refractivity contribution is 7.13. The molecule has 0 radical (unpaired) electrons. The summed E-state index contributed by atoms with van der Waals surface area (Å²) in [5.74, 6) is 0.324. The van der Waals surface area contributed by atoms with E-state index in [2.05, 4.69) is 17.3 Å². The first-order valence-corrected chi connectivity index (χ1v) is 18.4. The van der Waals surface area contributed by atoms with E-state index in [9.17, 15) is 14.8 Å². The molecule has 0 unspecified atom stereocenters. The molecule has 4 aromatic rings. The maximum Gasteiger partial charge on any atom is 0.348 e. The van der Waals surface area contributed by atoms with Crippen LogP contribution < -0.4 is 19.5 Å². The number of nitrogens with zero attached hydrogens (tertiary/aromatic N) is 2. The third-order valence-electron chi connectivity index (χ3n) is 9.75. The van der Waals surface area contributed by atoms with Gasteiger partial charge in [-0.25, -0.2) is 4.79 Å². The normalized spacial score (nSPS) is 19.9. The van der Waals surface area contributed by atoms with Gasteiger partial charge in [0.05, 0.1) is 19.6 Å². The zero-order chi connectivity index (χ0) is 36.1. The first-order chi connectivity index (χ1) is 24.6. The van der Waals surface area contributed by atoms with Crippen molar-refractivity contribution in [2.75, 3.05) is 34.4 Å². The Morgan fingerprint density at radius 2 is 1.69 bits per heavy atom. The molecule has 1 aliphatic carbocycles. The SMILES string of the molecule is COc1ccc([C@H](Cc2c(Cl)c[n+]([O-])cc2Cl)OC(=O)c2ccc(CNC3CC(C(=O)OC4CCN(C)CC4)(c4ccccc4)C3)s2)cc1OC. The molecule has 0 bridgehead atoms. The number of esters is 2. The van der Waals surface area contributed by atoms with Crippen molar-refractivity contribution < 1.29 is 33.3 Å². The van der Waals surface area contributed by atoms with E-state index in [0.29, 0.717) is 51.6 Å². The number of aromatic nitrogens is 1. The third-order valence-corrected chi connectivity index (χ3v) is 11.5. The molecule has 0 amide bonds. The van der Waals surface area contributed by atoms with E-state index >= 15 is 0 Å². The van der Waals surface area contributed by atoms with Crippen molar-refractivity contribution >= 4 is 46.5 Å². The Morgan fingerprint density at radius 1 is 1.00 bits per heavy atom. The van der Waals surface area contributed by atoms with Crippen LogP contribution in [0.2, 0.25) is 10.0 Å². The second-order valence-electron chi connectivity index (χ2n) is 13.1. The average Bonchev–Trinajstić information content (AvgIpc) is 3.59. The highest BCUT2D eigenvalue weighted by Crippen LogP contribution is 2.46. The number of hydrogen-bond acceptors (Lipinski definition) is 10. The van der Waals surface area contributed by atoms with Crippen molar-refractivity contribution in [1.82, 2.24) is 10.2 Å². The summed E-state index contributed by atoms with van der Waals surface area (Å²) in [5, 5.41) is 15.8. The zero-order valence-electron chi connectivity index (χ0n) is 28.7. The number of benzene rings is 2. The minimum absolute atomic E-state index is 0.0525. The fourth-order valence-electron chi connectivity index (χ4n) is 6.78. The minimum Gasteiger partial charge on any atom is -0.619 e. The number of rotatable bonds is 13. The van der Waals surface area contributed by atoms with Crippen molar-refractivity contribution in [1.29, 1.82) is 0 Å². The van der Waals surface area contributed by atoms with Crippen molar-refractivity contribution in [3.05, 3.63) is 115 Å². The first kappa shape index (κ1) is 36.9. The molecule has 1 saturated heterocycles. The van der Waals surface area contributed by atoms with Crippen LogP contribution in [0.5, 0.6) is 11.5 Å². The number of methoxy groups -OCH3 is 2. The molecule has 270 valence electrons. The molecule has 2 fully saturated rings. The van der Waals surface area contributed by atoms with Crippen LogP contribution in [0.4, 0.5) is 0 Å². The Kier molecular flexibility index (Phi) is 11.7. The minimum atomic E-state index is -0.811. The highest BCUT2D eigenvalue weighted by Gasteiger charge is 2.53. The maximum absolute atomic E-state index is 13.7. The van der Waals surface area contributed by atoms with E-state index in [4.69, 9.17) is 42.1 Å². The molecular weight excluding hydrogens is 713 g/mol. The number of thiophene rings is 1. The van der Waals surface area contributed by atoms with Gasteiger partial charge in [0.25, 0.3) is 0 Å². The largest absolute Gasteiger partial charge is 0.619 e. The predicted octanol–water partition coefficient (Wildman–Crippen LogP) is 6.67. The van der Waals surface area contributed by atoms with E-state index in [1.165, 1.54) is 38.0 Å². The van der Waals surface area contributed by atoms with Crippen LogP contribution in [0.3, 0.4) is 0 Å². The van der Waals surface area contributed by atoms with Gasteiger partial charge < -0.3 is 34.4 Å². The molecule has 10 nitrogen and oxygen atoms in total. The summed E-state index contributed by atoms with van der Waals surface area (Å²) in [6.07, 6.45) is 4.63. The van der Waals surface area contributed by atoms with E-state index in [1.807, 2.05) is 36.4 Å². The molecule has 1 atom stereocenters. The van der Waals surface area contributed by atoms with Gasteiger partial charge in [-0.1, -0.05) is 59.6 Å². The summed E-state index contributed by atoms with van der Waals surface area (Å²) >= 11 is 14.1. The Hall–Kier alpha value is -3.87. The molecule has 2 aromatic carbocycles. The number of carbonyl (C=O) groups is 2. The van der Waals surface area contributed by atoms with Gasteiger partial charge in [0.15, 0.2) is 23.9 Å². The topological polar surface area (TPSA) is 113 Å². The van der Waals surface area contributed by atoms with E-state index in [0.717, 1.165) is 36.4 Å². The molecule has 6 rings (SSSR count). The van der Waals surface area contributed by atoms with Crippen LogP contribution >= 0.6 is 34.5 Å². The monoisotopic (exact) mass is 753 g/mol. The third kappa shape index (κ3) is 8.45. The van der Waals surface area contributed by atoms with Crippen LogP contribution in [-0.4, -0.2) is 63.3 Å². The Labute approximate surface area is 311 Å². The number of pyridine rings is 1. The number of nitrogens with one attached hydrogen (secondary N) is 1. The number of carbonyl (C=O) groups excluding carboxylic acids is 2. The molecule has 0 spiro atoms. The fourth-order valence-corrected chi connectivity index (χ4v) is 8.22. The van der Waals surface area contributed by atoms with Gasteiger partial charge in [0.2, 0.25) is 0 Å². The molecule has 1 saturated carbocycles. The van der Waals surface area contributed by atoms with Crippen molar-refractivity contribution in [2.24, 2.45) is 0 Å². The molecule has 2 aliphatic rings. The molecule has 51 heavy (non-hydrogen) atoms. The lowest BCUT2D eigenvalue weighted by Crippen LogP contribution is -2.57. The summed E-state index contributed by atoms with van der Waals surface area (Å²) in [7, 11) is 5.15. The van der Waals surface area contributed by atoms with Gasteiger partial charge in [0.1, 0.15) is 27.1 Å². The smallest absolute Gasteiger partial charge is 0.348 e. The maximum atomic E-state index is 13.7. The summed E-state index contributed by atoms with van der Waals surface area (Å²) in [6.45, 7) is 2.37. The van der Waals surface area contributed by atoms with E-state index < -0.39 is 17.5 Å². The van der Waals surface area contributed by atoms with Crippen LogP contribution in [-0.2, 0) is 32.6 Å². The Balaban J connectivity index is 1.12. The van der Waals surface area contributed by atoms with Crippen LogP contribution in [0.15, 0.2) is 73.1 Å². The number of ether oxygens (including phenoxy) is 4. The number of piperidine rings is 1. The predicted molar refractivity (Wildman–Crippen MR) is 196 cm³/mol. The Bertz CT molecular complexity index is 1820. The standard InChI is InChI=1S/C38H41Cl2N3O7S/c1-42-15-13-27(14-16-42)49-37(45)38(25-7-5-4-6-8-25)19-26(20-38)41-21-28-10-12-35(51-28)36(44)50-33(18-29-30(39)22-43(46)23-31(29)40)24-9-11-32(47-2)34(17-24)48-3/h4-12,17,22-23,26-27,33,41H,13-16,18-21H2,1-3H3/t26?,33-,38?/m0/s1. The van der Waals surface area contributed by atoms with Crippen LogP contribution in [0, 0.1) is 5.21 Å². The lowest BCUT2D eigenvalue weighted by Gasteiger charge is -2.47. The van der Waals surface area contributed by atoms with Gasteiger partial charge in [-0.2, -0.15) is 4.73 Å². The zero-order valence-corrected chi connectivity index (χ0v) is 31.1. The number of likely N-dealkylation sites (tertiary alicyclic amines) is 1. The van der Waals surface area contributed by atoms with Gasteiger partial charge in [-0.05, 0) is 68.1 Å². The summed E-state index contributed by atoms with van der Waals surface area (Å²) in [4.78, 5) is 30.9. The fraction of sp³-hybridized carbons (Fsp3) is 0.395. The molecular formula is C38H41Cl2N3O7S. The van der Waals surface area contributed by atoms with Crippen LogP contribution in [0.25, 0.3) is 0 Å². The molecule has 3 heterocycles. The molecule has 2 aromatic heterocycles. The van der Waals surface area contributed by atoms with Crippen molar-refractivity contribution in [2.45, 2.75) is 62.3 Å².